The molecule has 1 atom stereocenters. The van der Waals surface area contributed by atoms with Gasteiger partial charge in [0.15, 0.2) is 0 Å². The Morgan fingerprint density at radius 1 is 1.39 bits per heavy atom. The molecule has 0 saturated carbocycles. The molecule has 1 N–H and O–H groups in total. The first-order valence-electron chi connectivity index (χ1n) is 5.80. The quantitative estimate of drug-likeness (QED) is 0.881. The van der Waals surface area contributed by atoms with Gasteiger partial charge in [-0.3, -0.25) is 0 Å². The van der Waals surface area contributed by atoms with E-state index in [-0.39, 0.29) is 6.04 Å². The molecule has 0 radical (unpaired) electrons. The molecule has 0 amide bonds. The molecule has 18 heavy (non-hydrogen) atoms. The number of rotatable bonds is 5. The Labute approximate surface area is 120 Å². The number of ether oxygens (including phenoxy) is 1. The second-order valence-electron chi connectivity index (χ2n) is 4.10. The van der Waals surface area contributed by atoms with Crippen molar-refractivity contribution in [3.63, 3.8) is 0 Å². The van der Waals surface area contributed by atoms with Crippen molar-refractivity contribution in [1.29, 1.82) is 0 Å². The summed E-state index contributed by atoms with van der Waals surface area (Å²) in [5, 5.41) is 5.67. The van der Waals surface area contributed by atoms with Gasteiger partial charge in [-0.1, -0.05) is 18.2 Å². The lowest BCUT2D eigenvalue weighted by Crippen LogP contribution is -2.18. The fourth-order valence-corrected chi connectivity index (χ4v) is 3.05. The van der Waals surface area contributed by atoms with Crippen LogP contribution in [0.15, 0.2) is 39.5 Å². The molecule has 1 unspecified atom stereocenters. The molecule has 96 valence electrons. The van der Waals surface area contributed by atoms with Crippen LogP contribution in [0.25, 0.3) is 0 Å². The molecule has 1 aromatic carbocycles. The molecule has 1 heterocycles. The molecular formula is C14H16BrNOS. The molecular weight excluding hydrogens is 310 g/mol. The van der Waals surface area contributed by atoms with Gasteiger partial charge in [0.1, 0.15) is 5.75 Å². The van der Waals surface area contributed by atoms with Crippen LogP contribution in [0, 0.1) is 0 Å². The summed E-state index contributed by atoms with van der Waals surface area (Å²) in [5.74, 6) is 0.934. The monoisotopic (exact) mass is 325 g/mol. The summed E-state index contributed by atoms with van der Waals surface area (Å²) in [6.45, 7) is 3.01. The molecule has 0 fully saturated rings. The van der Waals surface area contributed by atoms with Gasteiger partial charge in [0.2, 0.25) is 0 Å². The summed E-state index contributed by atoms with van der Waals surface area (Å²) in [7, 11) is 1.71. The summed E-state index contributed by atoms with van der Waals surface area (Å²) in [4.78, 5) is 0. The van der Waals surface area contributed by atoms with E-state index in [1.165, 1.54) is 14.9 Å². The molecule has 2 aromatic rings. The molecule has 0 aliphatic carbocycles. The zero-order valence-electron chi connectivity index (χ0n) is 10.4. The van der Waals surface area contributed by atoms with Crippen molar-refractivity contribution >= 4 is 27.3 Å². The SMILES string of the molecule is COc1ccccc1C(C)NCc1csc(Br)c1. The highest BCUT2D eigenvalue weighted by molar-refractivity contribution is 9.11. The van der Waals surface area contributed by atoms with Crippen LogP contribution in [0.5, 0.6) is 5.75 Å². The topological polar surface area (TPSA) is 21.3 Å². The molecule has 0 spiro atoms. The van der Waals surface area contributed by atoms with Crippen molar-refractivity contribution in [2.75, 3.05) is 7.11 Å². The third kappa shape index (κ3) is 3.34. The third-order valence-electron chi connectivity index (χ3n) is 2.84. The molecule has 0 bridgehead atoms. The Morgan fingerprint density at radius 3 is 2.83 bits per heavy atom. The van der Waals surface area contributed by atoms with Crippen LogP contribution in [-0.4, -0.2) is 7.11 Å². The number of nitrogens with one attached hydrogen (secondary N) is 1. The maximum atomic E-state index is 5.38. The number of methoxy groups -OCH3 is 1. The second kappa shape index (κ2) is 6.36. The average Bonchev–Trinajstić information content (AvgIpc) is 2.81. The Balaban J connectivity index is 2.01. The van der Waals surface area contributed by atoms with Crippen LogP contribution in [0.1, 0.15) is 24.1 Å². The summed E-state index contributed by atoms with van der Waals surface area (Å²) in [6.07, 6.45) is 0. The van der Waals surface area contributed by atoms with E-state index in [2.05, 4.69) is 45.7 Å². The van der Waals surface area contributed by atoms with E-state index < -0.39 is 0 Å². The van der Waals surface area contributed by atoms with Crippen LogP contribution >= 0.6 is 27.3 Å². The standard InChI is InChI=1S/C14H16BrNOS/c1-10(12-5-3-4-6-13(12)17-2)16-8-11-7-14(15)18-9-11/h3-7,9-10,16H,8H2,1-2H3. The van der Waals surface area contributed by atoms with Gasteiger partial charge in [-0.2, -0.15) is 0 Å². The van der Waals surface area contributed by atoms with Crippen molar-refractivity contribution in [2.24, 2.45) is 0 Å². The van der Waals surface area contributed by atoms with E-state index >= 15 is 0 Å². The van der Waals surface area contributed by atoms with E-state index in [9.17, 15) is 0 Å². The van der Waals surface area contributed by atoms with Gasteiger partial charge in [-0.05, 0) is 45.9 Å². The first kappa shape index (κ1) is 13.6. The fraction of sp³-hybridized carbons (Fsp3) is 0.286. The molecule has 2 nitrogen and oxygen atoms in total. The van der Waals surface area contributed by atoms with E-state index in [4.69, 9.17) is 4.74 Å². The van der Waals surface area contributed by atoms with Crippen LogP contribution in [0.3, 0.4) is 0 Å². The minimum Gasteiger partial charge on any atom is -0.496 e. The van der Waals surface area contributed by atoms with E-state index in [0.717, 1.165) is 12.3 Å². The van der Waals surface area contributed by atoms with Crippen molar-refractivity contribution in [3.8, 4) is 5.75 Å². The number of para-hydroxylation sites is 1. The smallest absolute Gasteiger partial charge is 0.123 e. The summed E-state index contributed by atoms with van der Waals surface area (Å²) < 4.78 is 6.55. The Morgan fingerprint density at radius 2 is 2.17 bits per heavy atom. The number of hydrogen-bond acceptors (Lipinski definition) is 3. The van der Waals surface area contributed by atoms with Crippen molar-refractivity contribution in [3.05, 3.63) is 50.6 Å². The highest BCUT2D eigenvalue weighted by Crippen LogP contribution is 2.25. The minimum absolute atomic E-state index is 0.264. The Hall–Kier alpha value is -0.840. The van der Waals surface area contributed by atoms with Gasteiger partial charge < -0.3 is 10.1 Å². The van der Waals surface area contributed by atoms with E-state index in [0.29, 0.717) is 0 Å². The predicted octanol–water partition coefficient (Wildman–Crippen LogP) is 4.37. The summed E-state index contributed by atoms with van der Waals surface area (Å²) in [5.41, 5.74) is 2.49. The van der Waals surface area contributed by atoms with Gasteiger partial charge in [0.25, 0.3) is 0 Å². The molecule has 0 aliphatic rings. The molecule has 4 heteroatoms. The number of benzene rings is 1. The summed E-state index contributed by atoms with van der Waals surface area (Å²) >= 11 is 5.19. The number of halogens is 1. The lowest BCUT2D eigenvalue weighted by Gasteiger charge is -2.16. The van der Waals surface area contributed by atoms with Gasteiger partial charge in [0.05, 0.1) is 10.9 Å². The molecule has 0 saturated heterocycles. The maximum Gasteiger partial charge on any atom is 0.123 e. The fourth-order valence-electron chi connectivity index (χ4n) is 1.84. The summed E-state index contributed by atoms with van der Waals surface area (Å²) in [6, 6.07) is 10.5. The molecule has 2 rings (SSSR count). The first-order valence-corrected chi connectivity index (χ1v) is 7.47. The van der Waals surface area contributed by atoms with Crippen LogP contribution in [-0.2, 0) is 6.54 Å². The minimum atomic E-state index is 0.264. The Kier molecular flexibility index (Phi) is 4.80. The lowest BCUT2D eigenvalue weighted by molar-refractivity contribution is 0.401. The Bertz CT molecular complexity index is 512. The van der Waals surface area contributed by atoms with Gasteiger partial charge in [-0.25, -0.2) is 0 Å². The highest BCUT2D eigenvalue weighted by atomic mass is 79.9. The molecule has 1 aromatic heterocycles. The van der Waals surface area contributed by atoms with Crippen molar-refractivity contribution < 1.29 is 4.74 Å². The van der Waals surface area contributed by atoms with Crippen LogP contribution in [0.4, 0.5) is 0 Å². The lowest BCUT2D eigenvalue weighted by atomic mass is 10.1. The zero-order valence-corrected chi connectivity index (χ0v) is 12.8. The second-order valence-corrected chi connectivity index (χ2v) is 6.39. The zero-order chi connectivity index (χ0) is 13.0. The predicted molar refractivity (Wildman–Crippen MR) is 80.3 cm³/mol. The highest BCUT2D eigenvalue weighted by Gasteiger charge is 2.10. The molecule has 0 aliphatic heterocycles. The largest absolute Gasteiger partial charge is 0.496 e. The van der Waals surface area contributed by atoms with Gasteiger partial charge in [-0.15, -0.1) is 11.3 Å². The first-order chi connectivity index (χ1) is 8.70. The van der Waals surface area contributed by atoms with Crippen molar-refractivity contribution in [2.45, 2.75) is 19.5 Å². The van der Waals surface area contributed by atoms with Crippen molar-refractivity contribution in [1.82, 2.24) is 5.32 Å². The van der Waals surface area contributed by atoms with Crippen LogP contribution < -0.4 is 10.1 Å². The average molecular weight is 326 g/mol. The normalized spacial score (nSPS) is 12.4. The van der Waals surface area contributed by atoms with Gasteiger partial charge >= 0.3 is 0 Å². The van der Waals surface area contributed by atoms with Crippen LogP contribution in [0.2, 0.25) is 0 Å². The third-order valence-corrected chi connectivity index (χ3v) is 4.39. The number of thiophene rings is 1. The van der Waals surface area contributed by atoms with Gasteiger partial charge in [0, 0.05) is 18.2 Å². The number of hydrogen-bond donors (Lipinski definition) is 1. The maximum absolute atomic E-state index is 5.38. The van der Waals surface area contributed by atoms with E-state index in [1.807, 2.05) is 18.2 Å². The van der Waals surface area contributed by atoms with E-state index in [1.54, 1.807) is 18.4 Å².